The fraction of sp³-hybridized carbons (Fsp3) is 0.372. The highest BCUT2D eigenvalue weighted by atomic mass is 35.5. The van der Waals surface area contributed by atoms with Crippen LogP contribution < -0.4 is 26.0 Å². The number of nitrogens with zero attached hydrogens (tertiary/aromatic N) is 4. The van der Waals surface area contributed by atoms with Crippen LogP contribution in [-0.2, 0) is 35.2 Å². The molecular weight excluding hydrogens is 843 g/mol. The standard InChI is InChI=1S/C43H46ClFN8O8S/c1-59-36-22-33-29(41(47-25-46-33)49-27-7-8-32(45)31(44)20-27)21-34(36)50-38(54)6-3-13-52-14-11-26(12-15-52)48-40(56)24-61-17-16-60-18-19-62-37-5-2-4-28-30(37)23-53(43(28)58)35-9-10-39(55)51-42(35)57/h2-8,20-22,25-26,35H,9-19,23-24H2,1H3,(H,48,56)(H,50,54)(H,46,47,49)(H,51,55,57)/b6-3+. The Labute approximate surface area is 366 Å². The Bertz CT molecular complexity index is 2360. The zero-order valence-corrected chi connectivity index (χ0v) is 35.5. The van der Waals surface area contributed by atoms with E-state index in [1.807, 2.05) is 12.1 Å². The van der Waals surface area contributed by atoms with Gasteiger partial charge in [0.1, 0.15) is 36.4 Å². The molecule has 19 heteroatoms. The van der Waals surface area contributed by atoms with Crippen LogP contribution in [0.5, 0.6) is 5.75 Å². The van der Waals surface area contributed by atoms with Gasteiger partial charge in [0.15, 0.2) is 0 Å². The van der Waals surface area contributed by atoms with Gasteiger partial charge in [0.05, 0.1) is 43.2 Å². The maximum absolute atomic E-state index is 13.7. The van der Waals surface area contributed by atoms with Gasteiger partial charge in [-0.2, -0.15) is 0 Å². The molecule has 1 atom stereocenters. The number of ether oxygens (including phenoxy) is 3. The molecule has 3 aliphatic heterocycles. The number of nitrogens with one attached hydrogen (secondary N) is 4. The number of rotatable bonds is 18. The van der Waals surface area contributed by atoms with Crippen LogP contribution in [0.2, 0.25) is 5.02 Å². The second-order valence-electron chi connectivity index (χ2n) is 14.8. The number of methoxy groups -OCH3 is 1. The number of fused-ring (bicyclic) bond motifs is 2. The number of benzene rings is 3. The molecule has 2 saturated heterocycles. The van der Waals surface area contributed by atoms with Gasteiger partial charge in [-0.3, -0.25) is 34.2 Å². The lowest BCUT2D eigenvalue weighted by molar-refractivity contribution is -0.137. The van der Waals surface area contributed by atoms with Crippen molar-refractivity contribution in [1.29, 1.82) is 0 Å². The van der Waals surface area contributed by atoms with Gasteiger partial charge >= 0.3 is 0 Å². The molecule has 4 N–H and O–H groups in total. The topological polar surface area (TPSA) is 193 Å². The van der Waals surface area contributed by atoms with Crippen LogP contribution in [0, 0.1) is 5.82 Å². The summed E-state index contributed by atoms with van der Waals surface area (Å²) in [5, 5.41) is 11.9. The molecule has 0 aliphatic carbocycles. The molecule has 7 rings (SSSR count). The molecule has 0 spiro atoms. The van der Waals surface area contributed by atoms with Gasteiger partial charge in [-0.05, 0) is 61.2 Å². The van der Waals surface area contributed by atoms with Gasteiger partial charge in [-0.25, -0.2) is 14.4 Å². The van der Waals surface area contributed by atoms with E-state index in [1.165, 1.54) is 37.7 Å². The van der Waals surface area contributed by atoms with Crippen molar-refractivity contribution in [3.8, 4) is 5.75 Å². The Kier molecular flexibility index (Phi) is 15.0. The Morgan fingerprint density at radius 1 is 1.03 bits per heavy atom. The largest absolute Gasteiger partial charge is 0.494 e. The first-order valence-corrected chi connectivity index (χ1v) is 21.5. The van der Waals surface area contributed by atoms with E-state index < -0.39 is 17.8 Å². The van der Waals surface area contributed by atoms with Crippen molar-refractivity contribution in [3.05, 3.63) is 89.0 Å². The van der Waals surface area contributed by atoms with Crippen LogP contribution in [0.1, 0.15) is 41.6 Å². The molecule has 326 valence electrons. The number of anilines is 3. The predicted molar refractivity (Wildman–Crippen MR) is 231 cm³/mol. The highest BCUT2D eigenvalue weighted by Crippen LogP contribution is 2.35. The van der Waals surface area contributed by atoms with Crippen molar-refractivity contribution in [1.82, 2.24) is 30.4 Å². The van der Waals surface area contributed by atoms with Gasteiger partial charge in [0, 0.05) is 78.1 Å². The quantitative estimate of drug-likeness (QED) is 0.0460. The van der Waals surface area contributed by atoms with Crippen molar-refractivity contribution < 1.29 is 42.6 Å². The number of hydrogen-bond donors (Lipinski definition) is 4. The number of imide groups is 1. The third kappa shape index (κ3) is 11.2. The van der Waals surface area contributed by atoms with Gasteiger partial charge in [0.2, 0.25) is 23.6 Å². The summed E-state index contributed by atoms with van der Waals surface area (Å²) in [7, 11) is 1.50. The van der Waals surface area contributed by atoms with E-state index in [-0.39, 0.29) is 54.3 Å². The SMILES string of the molecule is COc1cc2ncnc(Nc3ccc(F)c(Cl)c3)c2cc1NC(=O)/C=C/CN1CCC(NC(=O)COCCOCCSc2cccc3c2CN(C2CCC(=O)NC2=O)C3=O)CC1. The lowest BCUT2D eigenvalue weighted by atomic mass is 10.0. The zero-order chi connectivity index (χ0) is 43.6. The van der Waals surface area contributed by atoms with E-state index in [0.29, 0.717) is 77.9 Å². The molecule has 4 aromatic rings. The summed E-state index contributed by atoms with van der Waals surface area (Å²) in [6.45, 7) is 3.33. The van der Waals surface area contributed by atoms with Crippen molar-refractivity contribution in [2.75, 3.05) is 69.6 Å². The molecule has 16 nitrogen and oxygen atoms in total. The van der Waals surface area contributed by atoms with Crippen molar-refractivity contribution >= 4 is 81.0 Å². The minimum absolute atomic E-state index is 0.0255. The molecule has 3 aliphatic rings. The van der Waals surface area contributed by atoms with Gasteiger partial charge in [-0.1, -0.05) is 23.7 Å². The number of carbonyl (C=O) groups excluding carboxylic acids is 5. The molecule has 2 fully saturated rings. The first-order valence-electron chi connectivity index (χ1n) is 20.1. The van der Waals surface area contributed by atoms with Gasteiger partial charge < -0.3 is 35.1 Å². The van der Waals surface area contributed by atoms with Crippen molar-refractivity contribution in [3.63, 3.8) is 0 Å². The number of halogens is 2. The fourth-order valence-electron chi connectivity index (χ4n) is 7.46. The van der Waals surface area contributed by atoms with E-state index >= 15 is 0 Å². The van der Waals surface area contributed by atoms with E-state index in [0.717, 1.165) is 36.4 Å². The van der Waals surface area contributed by atoms with Gasteiger partial charge in [-0.15, -0.1) is 11.8 Å². The molecular formula is C43H46ClFN8O8S. The highest BCUT2D eigenvalue weighted by molar-refractivity contribution is 7.99. The maximum Gasteiger partial charge on any atom is 0.255 e. The smallest absolute Gasteiger partial charge is 0.255 e. The molecule has 0 saturated carbocycles. The van der Waals surface area contributed by atoms with Crippen LogP contribution in [0.25, 0.3) is 10.9 Å². The molecule has 62 heavy (non-hydrogen) atoms. The first-order chi connectivity index (χ1) is 30.1. The molecule has 4 heterocycles. The van der Waals surface area contributed by atoms with Crippen LogP contribution in [0.15, 0.2) is 71.9 Å². The molecule has 1 aromatic heterocycles. The minimum atomic E-state index is -0.655. The van der Waals surface area contributed by atoms with E-state index in [4.69, 9.17) is 25.8 Å². The Morgan fingerprint density at radius 3 is 2.65 bits per heavy atom. The summed E-state index contributed by atoms with van der Waals surface area (Å²) in [5.41, 5.74) is 2.97. The van der Waals surface area contributed by atoms with Crippen LogP contribution in [-0.4, -0.2) is 120 Å². The maximum atomic E-state index is 13.7. The lowest BCUT2D eigenvalue weighted by Crippen LogP contribution is -2.52. The highest BCUT2D eigenvalue weighted by Gasteiger charge is 2.39. The average Bonchev–Trinajstić information content (AvgIpc) is 3.59. The van der Waals surface area contributed by atoms with Gasteiger partial charge in [0.25, 0.3) is 5.91 Å². The summed E-state index contributed by atoms with van der Waals surface area (Å²) in [4.78, 5) is 75.9. The van der Waals surface area contributed by atoms with E-state index in [1.54, 1.807) is 40.9 Å². The average molecular weight is 889 g/mol. The Morgan fingerprint density at radius 2 is 1.85 bits per heavy atom. The summed E-state index contributed by atoms with van der Waals surface area (Å²) >= 11 is 7.52. The molecule has 0 bridgehead atoms. The molecule has 1 unspecified atom stereocenters. The fourth-order valence-corrected chi connectivity index (χ4v) is 8.59. The lowest BCUT2D eigenvalue weighted by Gasteiger charge is -2.31. The molecule has 3 aromatic carbocycles. The number of thioether (sulfide) groups is 1. The van der Waals surface area contributed by atoms with Crippen LogP contribution in [0.3, 0.4) is 0 Å². The Hall–Kier alpha value is -5.66. The summed E-state index contributed by atoms with van der Waals surface area (Å²) < 4.78 is 30.5. The number of carbonyl (C=O) groups is 5. The van der Waals surface area contributed by atoms with Crippen LogP contribution >= 0.6 is 23.4 Å². The minimum Gasteiger partial charge on any atom is -0.494 e. The molecule has 5 amide bonds. The second kappa shape index (κ2) is 20.9. The molecule has 0 radical (unpaired) electrons. The first kappa shape index (κ1) is 44.4. The summed E-state index contributed by atoms with van der Waals surface area (Å²) in [5.74, 6) is -0.530. The normalized spacial score (nSPS) is 17.0. The predicted octanol–water partition coefficient (Wildman–Crippen LogP) is 4.84. The van der Waals surface area contributed by atoms with Crippen LogP contribution in [0.4, 0.5) is 21.6 Å². The summed E-state index contributed by atoms with van der Waals surface area (Å²) in [6, 6.07) is 12.6. The van der Waals surface area contributed by atoms with E-state index in [2.05, 4.69) is 36.1 Å². The number of piperidine rings is 2. The third-order valence-corrected chi connectivity index (χ3v) is 12.0. The number of likely N-dealkylation sites (tertiary alicyclic amines) is 1. The third-order valence-electron chi connectivity index (χ3n) is 10.6. The van der Waals surface area contributed by atoms with E-state index in [9.17, 15) is 28.4 Å². The number of aromatic nitrogens is 2. The second-order valence-corrected chi connectivity index (χ2v) is 16.3. The Balaban J connectivity index is 0.762. The zero-order valence-electron chi connectivity index (χ0n) is 33.9. The van der Waals surface area contributed by atoms with Crippen molar-refractivity contribution in [2.24, 2.45) is 0 Å². The number of hydrogen-bond acceptors (Lipinski definition) is 13. The number of amides is 5. The summed E-state index contributed by atoms with van der Waals surface area (Å²) in [6.07, 6.45) is 6.70. The van der Waals surface area contributed by atoms with Crippen molar-refractivity contribution in [2.45, 2.75) is 49.2 Å². The monoisotopic (exact) mass is 888 g/mol.